The van der Waals surface area contributed by atoms with Crippen molar-refractivity contribution < 1.29 is 9.53 Å². The number of carbonyl (C=O) groups excluding carboxylic acids is 1. The molecule has 1 aromatic carbocycles. The third kappa shape index (κ3) is 2.25. The molecule has 0 saturated carbocycles. The minimum Gasteiger partial charge on any atom is -0.496 e. The molecule has 1 N–H and O–H groups in total. The summed E-state index contributed by atoms with van der Waals surface area (Å²) in [5, 5.41) is 2.96. The van der Waals surface area contributed by atoms with Gasteiger partial charge in [0, 0.05) is 5.56 Å². The van der Waals surface area contributed by atoms with Crippen LogP contribution in [0.15, 0.2) is 12.1 Å². The summed E-state index contributed by atoms with van der Waals surface area (Å²) >= 11 is 0. The van der Waals surface area contributed by atoms with E-state index in [0.29, 0.717) is 0 Å². The molecule has 0 spiro atoms. The number of rotatable bonds is 4. The molecule has 0 radical (unpaired) electrons. The third-order valence-electron chi connectivity index (χ3n) is 3.05. The van der Waals surface area contributed by atoms with Crippen molar-refractivity contribution in [3.8, 4) is 5.75 Å². The van der Waals surface area contributed by atoms with E-state index in [1.54, 1.807) is 14.2 Å². The minimum absolute atomic E-state index is 0.116. The molecule has 0 heterocycles. The van der Waals surface area contributed by atoms with Crippen LogP contribution in [0.25, 0.3) is 0 Å². The van der Waals surface area contributed by atoms with E-state index in [1.165, 1.54) is 0 Å². The molecule has 1 aromatic rings. The van der Waals surface area contributed by atoms with Crippen LogP contribution in [0.1, 0.15) is 28.4 Å². The van der Waals surface area contributed by atoms with Gasteiger partial charge in [0.1, 0.15) is 5.75 Å². The Hall–Kier alpha value is -1.35. The maximum Gasteiger partial charge on any atom is 0.179 e. The van der Waals surface area contributed by atoms with Gasteiger partial charge in [-0.1, -0.05) is 0 Å². The number of likely N-dealkylation sites (N-methyl/N-ethyl adjacent to an activating group) is 1. The number of methoxy groups -OCH3 is 1. The topological polar surface area (TPSA) is 38.3 Å². The van der Waals surface area contributed by atoms with Gasteiger partial charge in [-0.15, -0.1) is 0 Å². The molecular formula is C13H19NO2. The molecule has 0 fully saturated rings. The highest BCUT2D eigenvalue weighted by atomic mass is 16.5. The maximum atomic E-state index is 12.0. The molecule has 1 atom stereocenters. The van der Waals surface area contributed by atoms with Gasteiger partial charge >= 0.3 is 0 Å². The first-order valence-corrected chi connectivity index (χ1v) is 5.38. The quantitative estimate of drug-likeness (QED) is 0.791. The van der Waals surface area contributed by atoms with Gasteiger partial charge in [0.15, 0.2) is 5.78 Å². The number of Topliss-reactive ketones (excluding diaryl/α,β-unsaturated/α-hetero) is 1. The second kappa shape index (κ2) is 5.12. The lowest BCUT2D eigenvalue weighted by atomic mass is 9.96. The standard InChI is InChI=1S/C13H19NO2/c1-8-9(2)12(16-5)7-6-11(8)13(15)10(3)14-4/h6-7,10,14H,1-5H3. The van der Waals surface area contributed by atoms with Gasteiger partial charge in [-0.3, -0.25) is 4.79 Å². The van der Waals surface area contributed by atoms with Crippen molar-refractivity contribution in [1.82, 2.24) is 5.32 Å². The van der Waals surface area contributed by atoms with E-state index in [2.05, 4.69) is 5.32 Å². The Balaban J connectivity index is 3.17. The Morgan fingerprint density at radius 3 is 2.44 bits per heavy atom. The largest absolute Gasteiger partial charge is 0.496 e. The van der Waals surface area contributed by atoms with Crippen LogP contribution in [0.5, 0.6) is 5.75 Å². The van der Waals surface area contributed by atoms with Crippen molar-refractivity contribution in [3.05, 3.63) is 28.8 Å². The molecule has 0 aliphatic heterocycles. The van der Waals surface area contributed by atoms with Crippen LogP contribution < -0.4 is 10.1 Å². The normalized spacial score (nSPS) is 12.3. The second-order valence-electron chi connectivity index (χ2n) is 3.94. The van der Waals surface area contributed by atoms with Crippen LogP contribution in [-0.4, -0.2) is 26.0 Å². The third-order valence-corrected chi connectivity index (χ3v) is 3.05. The molecule has 0 amide bonds. The highest BCUT2D eigenvalue weighted by Gasteiger charge is 2.17. The molecule has 0 bridgehead atoms. The van der Waals surface area contributed by atoms with Gasteiger partial charge in [0.2, 0.25) is 0 Å². The Morgan fingerprint density at radius 2 is 1.94 bits per heavy atom. The number of benzene rings is 1. The first-order chi connectivity index (χ1) is 7.52. The lowest BCUT2D eigenvalue weighted by molar-refractivity contribution is 0.0954. The predicted octanol–water partition coefficient (Wildman–Crippen LogP) is 2.10. The lowest BCUT2D eigenvalue weighted by Gasteiger charge is -2.14. The molecule has 3 heteroatoms. The Morgan fingerprint density at radius 1 is 1.31 bits per heavy atom. The second-order valence-corrected chi connectivity index (χ2v) is 3.94. The maximum absolute atomic E-state index is 12.0. The monoisotopic (exact) mass is 221 g/mol. The number of nitrogens with one attached hydrogen (secondary N) is 1. The Bertz CT molecular complexity index is 399. The number of hydrogen-bond acceptors (Lipinski definition) is 3. The first-order valence-electron chi connectivity index (χ1n) is 5.38. The summed E-state index contributed by atoms with van der Waals surface area (Å²) in [5.74, 6) is 0.942. The summed E-state index contributed by atoms with van der Waals surface area (Å²) < 4.78 is 5.22. The summed E-state index contributed by atoms with van der Waals surface area (Å²) in [6, 6.07) is 3.52. The van der Waals surface area contributed by atoms with E-state index in [-0.39, 0.29) is 11.8 Å². The molecular weight excluding hydrogens is 202 g/mol. The minimum atomic E-state index is -0.161. The van der Waals surface area contributed by atoms with E-state index in [9.17, 15) is 4.79 Å². The molecule has 0 aliphatic carbocycles. The number of carbonyl (C=O) groups is 1. The van der Waals surface area contributed by atoms with Gasteiger partial charge in [0.05, 0.1) is 13.2 Å². The number of ketones is 1. The predicted molar refractivity (Wildman–Crippen MR) is 65.3 cm³/mol. The molecule has 0 saturated heterocycles. The zero-order valence-corrected chi connectivity index (χ0v) is 10.5. The van der Waals surface area contributed by atoms with Crippen molar-refractivity contribution in [3.63, 3.8) is 0 Å². The van der Waals surface area contributed by atoms with Gasteiger partial charge in [-0.05, 0) is 51.1 Å². The van der Waals surface area contributed by atoms with Crippen LogP contribution in [0.3, 0.4) is 0 Å². The summed E-state index contributed by atoms with van der Waals surface area (Å²) in [6.45, 7) is 5.78. The van der Waals surface area contributed by atoms with E-state index < -0.39 is 0 Å². The van der Waals surface area contributed by atoms with Crippen molar-refractivity contribution in [2.45, 2.75) is 26.8 Å². The van der Waals surface area contributed by atoms with Gasteiger partial charge in [0.25, 0.3) is 0 Å². The zero-order valence-electron chi connectivity index (χ0n) is 10.5. The van der Waals surface area contributed by atoms with Crippen LogP contribution >= 0.6 is 0 Å². The number of hydrogen-bond donors (Lipinski definition) is 1. The van der Waals surface area contributed by atoms with Crippen LogP contribution in [0, 0.1) is 13.8 Å². The fraction of sp³-hybridized carbons (Fsp3) is 0.462. The molecule has 88 valence electrons. The summed E-state index contributed by atoms with van der Waals surface area (Å²) in [5.41, 5.74) is 2.78. The summed E-state index contributed by atoms with van der Waals surface area (Å²) in [6.07, 6.45) is 0. The lowest BCUT2D eigenvalue weighted by Crippen LogP contribution is -2.31. The fourth-order valence-corrected chi connectivity index (χ4v) is 1.65. The Labute approximate surface area is 96.8 Å². The molecule has 0 aliphatic rings. The summed E-state index contributed by atoms with van der Waals surface area (Å²) in [7, 11) is 3.42. The molecule has 16 heavy (non-hydrogen) atoms. The Kier molecular flexibility index (Phi) is 4.07. The highest BCUT2D eigenvalue weighted by molar-refractivity contribution is 6.01. The molecule has 1 rings (SSSR count). The number of ether oxygens (including phenoxy) is 1. The molecule has 1 unspecified atom stereocenters. The zero-order chi connectivity index (χ0) is 12.3. The van der Waals surface area contributed by atoms with Gasteiger partial charge in [-0.2, -0.15) is 0 Å². The van der Waals surface area contributed by atoms with E-state index in [1.807, 2.05) is 32.9 Å². The average Bonchev–Trinajstić information content (AvgIpc) is 2.30. The van der Waals surface area contributed by atoms with Crippen LogP contribution in [-0.2, 0) is 0 Å². The van der Waals surface area contributed by atoms with Crippen LogP contribution in [0.2, 0.25) is 0 Å². The van der Waals surface area contributed by atoms with Gasteiger partial charge < -0.3 is 10.1 Å². The van der Waals surface area contributed by atoms with E-state index in [4.69, 9.17) is 4.74 Å². The van der Waals surface area contributed by atoms with Crippen molar-refractivity contribution in [1.29, 1.82) is 0 Å². The van der Waals surface area contributed by atoms with Gasteiger partial charge in [-0.25, -0.2) is 0 Å². The fourth-order valence-electron chi connectivity index (χ4n) is 1.65. The van der Waals surface area contributed by atoms with Crippen molar-refractivity contribution in [2.75, 3.05) is 14.2 Å². The average molecular weight is 221 g/mol. The van der Waals surface area contributed by atoms with Crippen molar-refractivity contribution in [2.24, 2.45) is 0 Å². The smallest absolute Gasteiger partial charge is 0.179 e. The molecule has 0 aromatic heterocycles. The highest BCUT2D eigenvalue weighted by Crippen LogP contribution is 2.24. The van der Waals surface area contributed by atoms with E-state index in [0.717, 1.165) is 22.4 Å². The summed E-state index contributed by atoms with van der Waals surface area (Å²) in [4.78, 5) is 12.0. The van der Waals surface area contributed by atoms with Crippen LogP contribution in [0.4, 0.5) is 0 Å². The molecule has 3 nitrogen and oxygen atoms in total. The first kappa shape index (κ1) is 12.7. The SMILES string of the molecule is CNC(C)C(=O)c1ccc(OC)c(C)c1C. The van der Waals surface area contributed by atoms with Crippen molar-refractivity contribution >= 4 is 5.78 Å². The van der Waals surface area contributed by atoms with E-state index >= 15 is 0 Å².